The van der Waals surface area contributed by atoms with Crippen molar-refractivity contribution in [1.82, 2.24) is 9.97 Å². The largest absolute Gasteiger partial charge is 0.330 e. The molecule has 16 heteroatoms. The lowest BCUT2D eigenvalue weighted by Crippen LogP contribution is -2.35. The molecule has 0 spiro atoms. The maximum absolute atomic E-state index is 14.0. The highest BCUT2D eigenvalue weighted by molar-refractivity contribution is 5.95. The molecule has 0 radical (unpaired) electrons. The summed E-state index contributed by atoms with van der Waals surface area (Å²) in [5.74, 6) is -7.92. The topological polar surface area (TPSA) is 107 Å². The Morgan fingerprint density at radius 2 is 1.19 bits per heavy atom. The highest BCUT2D eigenvalue weighted by Gasteiger charge is 2.21. The fourth-order valence-electron chi connectivity index (χ4n) is 3.16. The zero-order valence-corrected chi connectivity index (χ0v) is 22.6. The number of unbranched alkanes of at least 4 members (excludes halogenated alkanes) is 1. The van der Waals surface area contributed by atoms with Gasteiger partial charge in [-0.1, -0.05) is 30.1 Å². The zero-order chi connectivity index (χ0) is 29.6. The van der Waals surface area contributed by atoms with E-state index in [1.54, 1.807) is 0 Å². The number of rotatable bonds is 6. The lowest BCUT2D eigenvalue weighted by molar-refractivity contribution is -0.117. The van der Waals surface area contributed by atoms with Gasteiger partial charge in [0.25, 0.3) is 23.8 Å². The van der Waals surface area contributed by atoms with E-state index in [2.05, 4.69) is 27.1 Å². The Hall–Kier alpha value is -3.95. The number of halogens is 10. The summed E-state index contributed by atoms with van der Waals surface area (Å²) in [6, 6.07) is 2.55. The molecule has 0 aliphatic heterocycles. The van der Waals surface area contributed by atoms with Crippen LogP contribution in [0, 0.1) is 70.7 Å². The lowest BCUT2D eigenvalue weighted by Gasteiger charge is -2.12. The minimum Gasteiger partial charge on any atom is -0.330 e. The molecule has 2 aromatic heterocycles. The second-order valence-electron chi connectivity index (χ2n) is 8.03. The van der Waals surface area contributed by atoms with Gasteiger partial charge >= 0.3 is 0 Å². The van der Waals surface area contributed by atoms with Crippen molar-refractivity contribution in [2.75, 3.05) is 11.9 Å². The summed E-state index contributed by atoms with van der Waals surface area (Å²) >= 11 is 0. The van der Waals surface area contributed by atoms with Gasteiger partial charge in [-0.25, -0.2) is 17.6 Å². The third kappa shape index (κ3) is 8.53. The Bertz CT molecular complexity index is 1550. The van der Waals surface area contributed by atoms with Crippen LogP contribution in [0.15, 0.2) is 18.2 Å². The molecule has 6 nitrogen and oxygen atoms in total. The minimum absolute atomic E-state index is 0. The fraction of sp³-hybridized carbons (Fsp3) is 0.192. The molecule has 2 heterocycles. The number of nitrogens with two attached hydrogens (primary N) is 2. The average molecular weight is 640 g/mol. The number of hydrogen-bond acceptors (Lipinski definition) is 5. The molecule has 42 heavy (non-hydrogen) atoms. The molecule has 1 amide bonds. The third-order valence-corrected chi connectivity index (χ3v) is 5.23. The first-order chi connectivity index (χ1) is 18.9. The van der Waals surface area contributed by atoms with Crippen molar-refractivity contribution in [1.29, 1.82) is 0 Å². The molecule has 0 bridgehead atoms. The monoisotopic (exact) mass is 639 g/mol. The van der Waals surface area contributed by atoms with Gasteiger partial charge in [0.2, 0.25) is 5.91 Å². The van der Waals surface area contributed by atoms with Gasteiger partial charge in [-0.15, -0.1) is 24.8 Å². The summed E-state index contributed by atoms with van der Waals surface area (Å²) in [6.07, 6.45) is 1.49. The van der Waals surface area contributed by atoms with Crippen molar-refractivity contribution in [3.05, 3.63) is 87.5 Å². The van der Waals surface area contributed by atoms with Gasteiger partial charge < -0.3 is 16.8 Å². The number of carbonyl (C=O) groups excluding carboxylic acids is 1. The van der Waals surface area contributed by atoms with E-state index in [9.17, 15) is 39.9 Å². The number of pyridine rings is 2. The summed E-state index contributed by atoms with van der Waals surface area (Å²) in [5, 5.41) is 2.47. The van der Waals surface area contributed by atoms with Crippen molar-refractivity contribution in [2.24, 2.45) is 11.5 Å². The van der Waals surface area contributed by atoms with Crippen molar-refractivity contribution < 1.29 is 39.9 Å². The van der Waals surface area contributed by atoms with E-state index in [-0.39, 0.29) is 41.6 Å². The Labute approximate surface area is 246 Å². The molecule has 0 aliphatic carbocycles. The molecule has 0 aliphatic rings. The van der Waals surface area contributed by atoms with Crippen LogP contribution < -0.4 is 16.8 Å². The second-order valence-corrected chi connectivity index (χ2v) is 8.03. The lowest BCUT2D eigenvalue weighted by atomic mass is 10.0. The van der Waals surface area contributed by atoms with Crippen molar-refractivity contribution in [2.45, 2.75) is 25.3 Å². The van der Waals surface area contributed by atoms with Crippen LogP contribution in [-0.4, -0.2) is 28.5 Å². The molecular formula is C26H19Cl2F8N5O. The molecule has 5 N–H and O–H groups in total. The van der Waals surface area contributed by atoms with E-state index in [4.69, 9.17) is 11.5 Å². The van der Waals surface area contributed by atoms with Crippen LogP contribution in [0.2, 0.25) is 0 Å². The van der Waals surface area contributed by atoms with E-state index >= 15 is 0 Å². The average Bonchev–Trinajstić information content (AvgIpc) is 2.91. The summed E-state index contributed by atoms with van der Waals surface area (Å²) in [5.41, 5.74) is 8.10. The van der Waals surface area contributed by atoms with Gasteiger partial charge in [0.05, 0.1) is 6.04 Å². The van der Waals surface area contributed by atoms with Gasteiger partial charge in [-0.2, -0.15) is 27.5 Å². The molecule has 224 valence electrons. The van der Waals surface area contributed by atoms with Crippen molar-refractivity contribution in [3.63, 3.8) is 0 Å². The third-order valence-electron chi connectivity index (χ3n) is 5.23. The Kier molecular flexibility index (Phi) is 13.6. The van der Waals surface area contributed by atoms with Crippen LogP contribution in [0.5, 0.6) is 0 Å². The summed E-state index contributed by atoms with van der Waals surface area (Å²) in [6.45, 7) is 0.401. The number of anilines is 1. The molecule has 0 fully saturated rings. The predicted molar refractivity (Wildman–Crippen MR) is 141 cm³/mol. The van der Waals surface area contributed by atoms with Crippen LogP contribution >= 0.6 is 24.8 Å². The van der Waals surface area contributed by atoms with E-state index in [1.165, 1.54) is 6.07 Å². The number of hydrogen-bond donors (Lipinski definition) is 3. The maximum atomic E-state index is 14.0. The predicted octanol–water partition coefficient (Wildman–Crippen LogP) is 4.63. The summed E-state index contributed by atoms with van der Waals surface area (Å²) in [7, 11) is 0. The van der Waals surface area contributed by atoms with E-state index in [0.717, 1.165) is 12.1 Å². The fourth-order valence-corrected chi connectivity index (χ4v) is 3.16. The summed E-state index contributed by atoms with van der Waals surface area (Å²) < 4.78 is 110. The van der Waals surface area contributed by atoms with Crippen LogP contribution in [0.1, 0.15) is 41.5 Å². The van der Waals surface area contributed by atoms with Crippen molar-refractivity contribution in [3.8, 4) is 23.7 Å². The normalized spacial score (nSPS) is 10.7. The molecule has 0 saturated carbocycles. The highest BCUT2D eigenvalue weighted by Crippen LogP contribution is 2.20. The van der Waals surface area contributed by atoms with E-state index in [0.29, 0.717) is 25.8 Å². The number of benzene rings is 1. The Morgan fingerprint density at radius 3 is 1.64 bits per heavy atom. The van der Waals surface area contributed by atoms with E-state index in [1.807, 2.05) is 11.8 Å². The van der Waals surface area contributed by atoms with E-state index < -0.39 is 70.1 Å². The van der Waals surface area contributed by atoms with Gasteiger partial charge in [0.15, 0.2) is 23.3 Å². The van der Waals surface area contributed by atoms with Crippen LogP contribution in [0.3, 0.4) is 0 Å². The van der Waals surface area contributed by atoms with Crippen LogP contribution in [0.4, 0.5) is 40.8 Å². The SMILES string of the molecule is Cl.Cl.NCCCCC(N)C(=O)Nc1ccc(C#Cc2c(F)c(F)nc(F)c2F)c(C#Cc2c(F)c(F)nc(F)c2F)c1. The Morgan fingerprint density at radius 1 is 0.738 bits per heavy atom. The van der Waals surface area contributed by atoms with Gasteiger partial charge in [0, 0.05) is 16.8 Å². The molecular weight excluding hydrogens is 621 g/mol. The summed E-state index contributed by atoms with van der Waals surface area (Å²) in [4.78, 5) is 17.2. The molecule has 1 aromatic carbocycles. The number of carbonyl (C=O) groups is 1. The first-order valence-corrected chi connectivity index (χ1v) is 11.3. The van der Waals surface area contributed by atoms with Gasteiger partial charge in [0.1, 0.15) is 11.1 Å². The minimum atomic E-state index is -1.97. The highest BCUT2D eigenvalue weighted by atomic mass is 35.5. The molecule has 3 aromatic rings. The van der Waals surface area contributed by atoms with Crippen LogP contribution in [-0.2, 0) is 4.79 Å². The number of nitrogens with one attached hydrogen (secondary N) is 1. The molecule has 1 atom stereocenters. The molecule has 3 rings (SSSR count). The van der Waals surface area contributed by atoms with Gasteiger partial charge in [-0.05, 0) is 37.6 Å². The smallest absolute Gasteiger partial charge is 0.253 e. The Balaban J connectivity index is 0.00000441. The first kappa shape index (κ1) is 36.1. The first-order valence-electron chi connectivity index (χ1n) is 11.3. The number of nitrogens with zero attached hydrogens (tertiary/aromatic N) is 2. The van der Waals surface area contributed by atoms with Gasteiger partial charge in [-0.3, -0.25) is 4.79 Å². The zero-order valence-electron chi connectivity index (χ0n) is 20.9. The van der Waals surface area contributed by atoms with Crippen LogP contribution in [0.25, 0.3) is 0 Å². The molecule has 1 unspecified atom stereocenters. The second kappa shape index (κ2) is 15.9. The number of aromatic nitrogens is 2. The quantitative estimate of drug-likeness (QED) is 0.158. The van der Waals surface area contributed by atoms with Crippen molar-refractivity contribution >= 4 is 36.4 Å². The number of amides is 1. The molecule has 0 saturated heterocycles. The maximum Gasteiger partial charge on any atom is 0.253 e. The standard InChI is InChI=1S/C26H17F8N5O.2ClH/c27-18-15(19(28)23(32)38-22(18)31)8-5-12-4-7-14(37-26(40)17(36)3-1-2-10-35)11-13(12)6-9-16-20(29)24(33)39-25(34)21(16)30;;/h4,7,11,17H,1-3,10,35-36H2,(H,37,40);2*1H.